The lowest BCUT2D eigenvalue weighted by atomic mass is 9.86. The zero-order valence-electron chi connectivity index (χ0n) is 22.9. The molecule has 2 aromatic carbocycles. The van der Waals surface area contributed by atoms with E-state index in [1.165, 1.54) is 0 Å². The van der Waals surface area contributed by atoms with E-state index in [4.69, 9.17) is 17.3 Å². The number of benzene rings is 2. The van der Waals surface area contributed by atoms with Crippen LogP contribution in [0.1, 0.15) is 44.2 Å². The van der Waals surface area contributed by atoms with E-state index in [1.54, 1.807) is 4.90 Å². The van der Waals surface area contributed by atoms with Gasteiger partial charge in [-0.2, -0.15) is 0 Å². The van der Waals surface area contributed by atoms with Gasteiger partial charge in [-0.05, 0) is 69.8 Å². The molecule has 0 radical (unpaired) electrons. The average Bonchev–Trinajstić information content (AvgIpc) is 3.45. The first-order chi connectivity index (χ1) is 18.6. The quantitative estimate of drug-likeness (QED) is 0.573. The fraction of sp³-hybridized carbons (Fsp3) is 0.500. The number of fused-ring (bicyclic) bond motifs is 1. The van der Waals surface area contributed by atoms with Gasteiger partial charge in [0.25, 0.3) is 0 Å². The number of hydrogen-bond donors (Lipinski definition) is 2. The molecule has 0 bridgehead atoms. The van der Waals surface area contributed by atoms with Crippen molar-refractivity contribution in [2.75, 3.05) is 31.6 Å². The van der Waals surface area contributed by atoms with Gasteiger partial charge < -0.3 is 25.8 Å². The van der Waals surface area contributed by atoms with Crippen molar-refractivity contribution in [2.45, 2.75) is 63.1 Å². The molecule has 3 aliphatic rings. The number of carbonyl (C=O) groups is 3. The summed E-state index contributed by atoms with van der Waals surface area (Å²) in [6, 6.07) is 14.7. The maximum atomic E-state index is 14.2. The van der Waals surface area contributed by atoms with E-state index in [0.717, 1.165) is 23.2 Å². The molecule has 3 N–H and O–H groups in total. The topological polar surface area (TPSA) is 99.0 Å². The number of nitrogens with one attached hydrogen (secondary N) is 1. The number of likely N-dealkylation sites (tertiary alicyclic amines) is 2. The highest BCUT2D eigenvalue weighted by Gasteiger charge is 2.48. The lowest BCUT2D eigenvalue weighted by Gasteiger charge is -2.41. The lowest BCUT2D eigenvalue weighted by molar-refractivity contribution is -0.138. The van der Waals surface area contributed by atoms with E-state index in [0.29, 0.717) is 43.9 Å². The van der Waals surface area contributed by atoms with E-state index in [2.05, 4.69) is 5.32 Å². The highest BCUT2D eigenvalue weighted by Crippen LogP contribution is 2.44. The fourth-order valence-corrected chi connectivity index (χ4v) is 7.03. The van der Waals surface area contributed by atoms with Gasteiger partial charge in [0.05, 0.1) is 17.4 Å². The van der Waals surface area contributed by atoms with E-state index < -0.39 is 17.4 Å². The second kappa shape index (κ2) is 10.8. The van der Waals surface area contributed by atoms with E-state index >= 15 is 0 Å². The molecule has 0 aliphatic carbocycles. The maximum Gasteiger partial charge on any atom is 0.315 e. The SMILES string of the molecule is CNC1CCN(C(N)=O)C1[C@H](Cc1ccccc1Cl)C(=O)N1CCC(N2C(=O)C(C)(C)c3ccccc32)CC1. The first-order valence-electron chi connectivity index (χ1n) is 13.8. The number of urea groups is 1. The van der Waals surface area contributed by atoms with Crippen LogP contribution < -0.4 is 16.0 Å². The van der Waals surface area contributed by atoms with Crippen molar-refractivity contribution in [3.05, 3.63) is 64.7 Å². The Bertz CT molecular complexity index is 1260. The molecular formula is C30H38ClN5O3. The van der Waals surface area contributed by atoms with Crippen LogP contribution >= 0.6 is 11.6 Å². The Labute approximate surface area is 235 Å². The summed E-state index contributed by atoms with van der Waals surface area (Å²) >= 11 is 6.52. The molecule has 3 atom stereocenters. The molecule has 39 heavy (non-hydrogen) atoms. The summed E-state index contributed by atoms with van der Waals surface area (Å²) in [6.07, 6.45) is 2.53. The first-order valence-corrected chi connectivity index (χ1v) is 14.2. The van der Waals surface area contributed by atoms with Crippen molar-refractivity contribution >= 4 is 35.1 Å². The number of rotatable bonds is 6. The van der Waals surface area contributed by atoms with Crippen LogP contribution in [0, 0.1) is 5.92 Å². The minimum Gasteiger partial charge on any atom is -0.351 e. The Balaban J connectivity index is 1.38. The molecule has 3 aliphatic heterocycles. The highest BCUT2D eigenvalue weighted by atomic mass is 35.5. The number of nitrogens with two attached hydrogens (primary N) is 1. The summed E-state index contributed by atoms with van der Waals surface area (Å²) in [5, 5.41) is 3.91. The number of halogens is 1. The minimum absolute atomic E-state index is 0.000230. The van der Waals surface area contributed by atoms with Gasteiger partial charge in [0, 0.05) is 42.4 Å². The molecule has 8 nitrogen and oxygen atoms in total. The Morgan fingerprint density at radius 1 is 1.05 bits per heavy atom. The van der Waals surface area contributed by atoms with Crippen molar-refractivity contribution in [1.29, 1.82) is 0 Å². The summed E-state index contributed by atoms with van der Waals surface area (Å²) in [5.74, 6) is -0.382. The van der Waals surface area contributed by atoms with Crippen LogP contribution in [0.4, 0.5) is 10.5 Å². The molecule has 0 aromatic heterocycles. The predicted octanol–water partition coefficient (Wildman–Crippen LogP) is 3.56. The summed E-state index contributed by atoms with van der Waals surface area (Å²) in [4.78, 5) is 45.6. The second-order valence-electron chi connectivity index (χ2n) is 11.5. The number of hydrogen-bond acceptors (Lipinski definition) is 4. The smallest absolute Gasteiger partial charge is 0.315 e. The van der Waals surface area contributed by atoms with Crippen LogP contribution in [0.25, 0.3) is 0 Å². The summed E-state index contributed by atoms with van der Waals surface area (Å²) in [7, 11) is 1.86. The number of likely N-dealkylation sites (N-methyl/N-ethyl adjacent to an activating group) is 1. The van der Waals surface area contributed by atoms with Crippen LogP contribution in [0.15, 0.2) is 48.5 Å². The van der Waals surface area contributed by atoms with E-state index in [-0.39, 0.29) is 29.9 Å². The normalized spacial score (nSPS) is 23.7. The van der Waals surface area contributed by atoms with Gasteiger partial charge in [-0.15, -0.1) is 0 Å². The van der Waals surface area contributed by atoms with Crippen LogP contribution in [0.3, 0.4) is 0 Å². The zero-order valence-corrected chi connectivity index (χ0v) is 23.7. The molecule has 9 heteroatoms. The molecular weight excluding hydrogens is 514 g/mol. The van der Waals surface area contributed by atoms with Gasteiger partial charge in [-0.1, -0.05) is 48.0 Å². The second-order valence-corrected chi connectivity index (χ2v) is 11.9. The zero-order chi connectivity index (χ0) is 27.9. The van der Waals surface area contributed by atoms with Gasteiger partial charge in [-0.25, -0.2) is 4.79 Å². The summed E-state index contributed by atoms with van der Waals surface area (Å²) in [6.45, 7) is 5.56. The molecule has 0 spiro atoms. The van der Waals surface area contributed by atoms with E-state index in [9.17, 15) is 14.4 Å². The van der Waals surface area contributed by atoms with Crippen molar-refractivity contribution < 1.29 is 14.4 Å². The largest absolute Gasteiger partial charge is 0.351 e. The van der Waals surface area contributed by atoms with Crippen molar-refractivity contribution in [2.24, 2.45) is 11.7 Å². The van der Waals surface area contributed by atoms with Gasteiger partial charge in [-0.3, -0.25) is 9.59 Å². The van der Waals surface area contributed by atoms with Crippen LogP contribution in [0.2, 0.25) is 5.02 Å². The molecule has 2 fully saturated rings. The molecule has 2 unspecified atom stereocenters. The number of nitrogens with zero attached hydrogens (tertiary/aromatic N) is 3. The monoisotopic (exact) mass is 551 g/mol. The molecule has 3 heterocycles. The Morgan fingerprint density at radius 3 is 2.38 bits per heavy atom. The fourth-order valence-electron chi connectivity index (χ4n) is 6.82. The van der Waals surface area contributed by atoms with Gasteiger partial charge >= 0.3 is 6.03 Å². The number of amides is 4. The predicted molar refractivity (Wildman–Crippen MR) is 153 cm³/mol. The number of anilines is 1. The standard InChI is InChI=1S/C30H38ClN5O3/c1-30(2)22-9-5-7-11-25(22)36(28(30)38)20-12-15-34(16-13-20)27(37)21(18-19-8-4-6-10-23(19)31)26-24(33-3)14-17-35(26)29(32)39/h4-11,20-21,24,26,33H,12-18H2,1-3H3,(H2,32,39)/t21-,24?,26?/m0/s1. The first kappa shape index (κ1) is 27.5. The van der Waals surface area contributed by atoms with Gasteiger partial charge in [0.2, 0.25) is 11.8 Å². The minimum atomic E-state index is -0.563. The third-order valence-electron chi connectivity index (χ3n) is 8.97. The number of piperidine rings is 1. The Hall–Kier alpha value is -3.10. The van der Waals surface area contributed by atoms with Crippen molar-refractivity contribution in [1.82, 2.24) is 15.1 Å². The maximum absolute atomic E-state index is 14.2. The molecule has 5 rings (SSSR count). The molecule has 0 saturated carbocycles. The van der Waals surface area contributed by atoms with Gasteiger partial charge in [0.1, 0.15) is 0 Å². The van der Waals surface area contributed by atoms with Crippen molar-refractivity contribution in [3.63, 3.8) is 0 Å². The third-order valence-corrected chi connectivity index (χ3v) is 9.33. The highest BCUT2D eigenvalue weighted by molar-refractivity contribution is 6.31. The van der Waals surface area contributed by atoms with Crippen LogP contribution in [0.5, 0.6) is 0 Å². The molecule has 208 valence electrons. The summed E-state index contributed by atoms with van der Waals surface area (Å²) in [5.41, 5.74) is 8.12. The van der Waals surface area contributed by atoms with Gasteiger partial charge in [0.15, 0.2) is 0 Å². The molecule has 2 aromatic rings. The van der Waals surface area contributed by atoms with Crippen LogP contribution in [-0.2, 0) is 21.4 Å². The average molecular weight is 552 g/mol. The number of para-hydroxylation sites is 1. The lowest BCUT2D eigenvalue weighted by Crippen LogP contribution is -2.57. The molecule has 2 saturated heterocycles. The third kappa shape index (κ3) is 4.89. The Morgan fingerprint density at radius 2 is 1.72 bits per heavy atom. The number of primary amides is 1. The van der Waals surface area contributed by atoms with Crippen LogP contribution in [-0.4, -0.2) is 72.5 Å². The van der Waals surface area contributed by atoms with Crippen molar-refractivity contribution in [3.8, 4) is 0 Å². The summed E-state index contributed by atoms with van der Waals surface area (Å²) < 4.78 is 0. The molecule has 4 amide bonds. The van der Waals surface area contributed by atoms with E-state index in [1.807, 2.05) is 79.2 Å². The Kier molecular flexibility index (Phi) is 7.62. The number of carbonyl (C=O) groups excluding carboxylic acids is 3.